The van der Waals surface area contributed by atoms with Gasteiger partial charge in [-0.25, -0.2) is 9.97 Å². The number of rotatable bonds is 2. The van der Waals surface area contributed by atoms with Crippen LogP contribution in [0.2, 0.25) is 0 Å². The fourth-order valence-corrected chi connectivity index (χ4v) is 1.17. The Morgan fingerprint density at radius 3 is 2.87 bits per heavy atom. The van der Waals surface area contributed by atoms with E-state index in [0.29, 0.717) is 10.4 Å². The van der Waals surface area contributed by atoms with E-state index in [-0.39, 0.29) is 11.7 Å². The van der Waals surface area contributed by atoms with Crippen LogP contribution in [0.3, 0.4) is 0 Å². The number of hydrogen-bond donors (Lipinski definition) is 1. The predicted octanol–water partition coefficient (Wildman–Crippen LogP) is 2.08. The quantitative estimate of drug-likeness (QED) is 0.905. The molecule has 0 fully saturated rings. The number of halogens is 1. The highest BCUT2D eigenvalue weighted by Crippen LogP contribution is 2.08. The minimum atomic E-state index is -0.350. The molecule has 5 nitrogen and oxygen atoms in total. The second-order valence-corrected chi connectivity index (χ2v) is 3.47. The Morgan fingerprint density at radius 2 is 2.27 bits per heavy atom. The maximum absolute atomic E-state index is 11.5. The summed E-state index contributed by atoms with van der Waals surface area (Å²) in [5.74, 6) is 0.260. The smallest absolute Gasteiger partial charge is 0.292 e. The fraction of sp³-hybridized carbons (Fsp3) is 0. The van der Waals surface area contributed by atoms with Crippen LogP contribution in [0.5, 0.6) is 0 Å². The van der Waals surface area contributed by atoms with Gasteiger partial charge in [0.1, 0.15) is 4.60 Å². The summed E-state index contributed by atoms with van der Waals surface area (Å²) in [6.45, 7) is 0. The zero-order valence-electron chi connectivity index (χ0n) is 7.48. The average molecular weight is 268 g/mol. The molecule has 0 unspecified atom stereocenters. The zero-order valence-corrected chi connectivity index (χ0v) is 9.06. The van der Waals surface area contributed by atoms with Crippen LogP contribution in [0.4, 0.5) is 5.82 Å². The van der Waals surface area contributed by atoms with Crippen molar-refractivity contribution in [1.82, 2.24) is 9.97 Å². The Labute approximate surface area is 93.7 Å². The summed E-state index contributed by atoms with van der Waals surface area (Å²) in [5, 5.41) is 2.54. The van der Waals surface area contributed by atoms with Gasteiger partial charge < -0.3 is 9.73 Å². The van der Waals surface area contributed by atoms with Gasteiger partial charge in [-0.3, -0.25) is 4.79 Å². The Hall–Kier alpha value is -1.69. The Morgan fingerprint density at radius 1 is 1.40 bits per heavy atom. The van der Waals surface area contributed by atoms with E-state index in [0.717, 1.165) is 0 Å². The molecule has 2 aromatic heterocycles. The summed E-state index contributed by atoms with van der Waals surface area (Å²) in [5.41, 5.74) is 0. The van der Waals surface area contributed by atoms with Crippen LogP contribution in [0.25, 0.3) is 0 Å². The van der Waals surface area contributed by atoms with Gasteiger partial charge in [0.2, 0.25) is 0 Å². The normalized spacial score (nSPS) is 9.93. The molecule has 0 atom stereocenters. The summed E-state index contributed by atoms with van der Waals surface area (Å²) in [6.07, 6.45) is 4.38. The van der Waals surface area contributed by atoms with Gasteiger partial charge in [0.25, 0.3) is 5.91 Å². The van der Waals surface area contributed by atoms with Crippen molar-refractivity contribution in [3.8, 4) is 0 Å². The molecule has 1 amide bonds. The first-order chi connectivity index (χ1) is 7.25. The fourth-order valence-electron chi connectivity index (χ4n) is 0.963. The molecule has 1 N–H and O–H groups in total. The molecule has 0 spiro atoms. The van der Waals surface area contributed by atoms with Crippen molar-refractivity contribution in [3.05, 3.63) is 41.2 Å². The van der Waals surface area contributed by atoms with Crippen LogP contribution in [0.1, 0.15) is 10.6 Å². The van der Waals surface area contributed by atoms with E-state index in [1.54, 1.807) is 12.1 Å². The van der Waals surface area contributed by atoms with Gasteiger partial charge in [-0.2, -0.15) is 0 Å². The van der Waals surface area contributed by atoms with Crippen molar-refractivity contribution in [3.63, 3.8) is 0 Å². The number of furan rings is 1. The summed E-state index contributed by atoms with van der Waals surface area (Å²) in [6, 6.07) is 3.21. The van der Waals surface area contributed by atoms with E-state index < -0.39 is 0 Å². The largest absolute Gasteiger partial charge is 0.459 e. The predicted molar refractivity (Wildman–Crippen MR) is 56.4 cm³/mol. The van der Waals surface area contributed by atoms with Crippen LogP contribution in [0.15, 0.2) is 39.8 Å². The van der Waals surface area contributed by atoms with Gasteiger partial charge in [0, 0.05) is 0 Å². The molecule has 0 saturated carbocycles. The molecular formula is C9H6BrN3O2. The molecule has 76 valence electrons. The molecule has 0 radical (unpaired) electrons. The van der Waals surface area contributed by atoms with Crippen LogP contribution in [-0.2, 0) is 0 Å². The number of amides is 1. The van der Waals surface area contributed by atoms with Gasteiger partial charge in [0.05, 0.1) is 18.7 Å². The molecule has 0 aromatic carbocycles. The van der Waals surface area contributed by atoms with Gasteiger partial charge in [-0.15, -0.1) is 0 Å². The lowest BCUT2D eigenvalue weighted by Gasteiger charge is -2.00. The number of carbonyl (C=O) groups excluding carboxylic acids is 1. The van der Waals surface area contributed by atoms with Gasteiger partial charge in [0.15, 0.2) is 11.6 Å². The van der Waals surface area contributed by atoms with Crippen molar-refractivity contribution in [2.24, 2.45) is 0 Å². The number of nitrogens with zero attached hydrogens (tertiary/aromatic N) is 2. The molecule has 0 bridgehead atoms. The Kier molecular flexibility index (Phi) is 2.77. The number of nitrogens with one attached hydrogen (secondary N) is 1. The summed E-state index contributed by atoms with van der Waals surface area (Å²) >= 11 is 3.15. The SMILES string of the molecule is O=C(Nc1cnc(Br)cn1)c1ccco1. The molecule has 0 saturated heterocycles. The molecule has 0 aliphatic carbocycles. The first-order valence-corrected chi connectivity index (χ1v) is 4.87. The monoisotopic (exact) mass is 267 g/mol. The van der Waals surface area contributed by atoms with E-state index in [9.17, 15) is 4.79 Å². The third-order valence-electron chi connectivity index (χ3n) is 1.61. The zero-order chi connectivity index (χ0) is 10.7. The maximum Gasteiger partial charge on any atom is 0.292 e. The number of anilines is 1. The van der Waals surface area contributed by atoms with Crippen LogP contribution in [-0.4, -0.2) is 15.9 Å². The molecule has 15 heavy (non-hydrogen) atoms. The minimum absolute atomic E-state index is 0.236. The lowest BCUT2D eigenvalue weighted by molar-refractivity contribution is 0.0996. The van der Waals surface area contributed by atoms with Crippen molar-refractivity contribution in [2.45, 2.75) is 0 Å². The topological polar surface area (TPSA) is 68.0 Å². The summed E-state index contributed by atoms with van der Waals surface area (Å²) < 4.78 is 5.53. The molecule has 2 heterocycles. The van der Waals surface area contributed by atoms with Crippen LogP contribution < -0.4 is 5.32 Å². The highest BCUT2D eigenvalue weighted by molar-refractivity contribution is 9.10. The van der Waals surface area contributed by atoms with Gasteiger partial charge in [-0.1, -0.05) is 0 Å². The standard InChI is InChI=1S/C9H6BrN3O2/c10-7-4-12-8(5-11-7)13-9(14)6-2-1-3-15-6/h1-5H,(H,12,13,14). The van der Waals surface area contributed by atoms with Crippen molar-refractivity contribution >= 4 is 27.7 Å². The van der Waals surface area contributed by atoms with Crippen LogP contribution in [0, 0.1) is 0 Å². The van der Waals surface area contributed by atoms with Gasteiger partial charge >= 0.3 is 0 Å². The Bertz CT molecular complexity index is 453. The van der Waals surface area contributed by atoms with Crippen LogP contribution >= 0.6 is 15.9 Å². The average Bonchev–Trinajstić information content (AvgIpc) is 2.74. The van der Waals surface area contributed by atoms with E-state index in [2.05, 4.69) is 31.2 Å². The highest BCUT2D eigenvalue weighted by atomic mass is 79.9. The Balaban J connectivity index is 2.09. The number of hydrogen-bond acceptors (Lipinski definition) is 4. The van der Waals surface area contributed by atoms with Crippen molar-refractivity contribution in [2.75, 3.05) is 5.32 Å². The minimum Gasteiger partial charge on any atom is -0.459 e. The molecular weight excluding hydrogens is 262 g/mol. The third-order valence-corrected chi connectivity index (χ3v) is 2.02. The lowest BCUT2D eigenvalue weighted by atomic mass is 10.4. The van der Waals surface area contributed by atoms with E-state index in [4.69, 9.17) is 4.42 Å². The van der Waals surface area contributed by atoms with Gasteiger partial charge in [-0.05, 0) is 28.1 Å². The summed E-state index contributed by atoms with van der Waals surface area (Å²) in [7, 11) is 0. The van der Waals surface area contributed by atoms with Crippen molar-refractivity contribution < 1.29 is 9.21 Å². The second kappa shape index (κ2) is 4.22. The third kappa shape index (κ3) is 2.41. The van der Waals surface area contributed by atoms with E-state index >= 15 is 0 Å². The molecule has 0 aliphatic heterocycles. The second-order valence-electron chi connectivity index (χ2n) is 2.66. The molecule has 2 rings (SSSR count). The summed E-state index contributed by atoms with van der Waals surface area (Å²) in [4.78, 5) is 19.3. The first-order valence-electron chi connectivity index (χ1n) is 4.08. The number of carbonyl (C=O) groups is 1. The van der Waals surface area contributed by atoms with E-state index in [1.807, 2.05) is 0 Å². The number of aromatic nitrogens is 2. The molecule has 6 heteroatoms. The highest BCUT2D eigenvalue weighted by Gasteiger charge is 2.08. The first kappa shape index (κ1) is 9.85. The lowest BCUT2D eigenvalue weighted by Crippen LogP contribution is -2.12. The molecule has 0 aliphatic rings. The maximum atomic E-state index is 11.5. The molecule has 2 aromatic rings. The van der Waals surface area contributed by atoms with E-state index in [1.165, 1.54) is 18.7 Å². The van der Waals surface area contributed by atoms with Crippen molar-refractivity contribution in [1.29, 1.82) is 0 Å².